The van der Waals surface area contributed by atoms with E-state index in [4.69, 9.17) is 4.74 Å². The smallest absolute Gasteiger partial charge is 0.306 e. The lowest BCUT2D eigenvalue weighted by Crippen LogP contribution is -2.23. The number of nitrogens with zero attached hydrogens (tertiary/aromatic N) is 1. The summed E-state index contributed by atoms with van der Waals surface area (Å²) in [6.07, 6.45) is 0.794. The first-order valence-electron chi connectivity index (χ1n) is 5.73. The molecule has 0 fully saturated rings. The van der Waals surface area contributed by atoms with Crippen molar-refractivity contribution in [3.63, 3.8) is 0 Å². The molecular weight excluding hydrogens is 234 g/mol. The molecule has 5 heteroatoms. The SMILES string of the molecule is CC(C)(C)OC(=O)CCc1ccc([N+](=O)[O-])cc1. The summed E-state index contributed by atoms with van der Waals surface area (Å²) in [6.45, 7) is 5.45. The van der Waals surface area contributed by atoms with Crippen LogP contribution < -0.4 is 0 Å². The van der Waals surface area contributed by atoms with Crippen LogP contribution in [0.2, 0.25) is 0 Å². The highest BCUT2D eigenvalue weighted by molar-refractivity contribution is 5.70. The summed E-state index contributed by atoms with van der Waals surface area (Å²) in [5.41, 5.74) is 0.453. The van der Waals surface area contributed by atoms with E-state index in [2.05, 4.69) is 0 Å². The maximum atomic E-state index is 11.5. The lowest BCUT2D eigenvalue weighted by molar-refractivity contribution is -0.384. The van der Waals surface area contributed by atoms with Crippen LogP contribution in [0.25, 0.3) is 0 Å². The molecular formula is C13H17NO4. The summed E-state index contributed by atoms with van der Waals surface area (Å²) in [6, 6.07) is 6.18. The van der Waals surface area contributed by atoms with Gasteiger partial charge in [-0.15, -0.1) is 0 Å². The Morgan fingerprint density at radius 2 is 1.83 bits per heavy atom. The van der Waals surface area contributed by atoms with Gasteiger partial charge in [-0.2, -0.15) is 0 Å². The van der Waals surface area contributed by atoms with Crippen molar-refractivity contribution in [3.05, 3.63) is 39.9 Å². The number of carbonyl (C=O) groups excluding carboxylic acids is 1. The molecule has 18 heavy (non-hydrogen) atoms. The summed E-state index contributed by atoms with van der Waals surface area (Å²) in [7, 11) is 0. The maximum absolute atomic E-state index is 11.5. The van der Waals surface area contributed by atoms with E-state index in [0.29, 0.717) is 6.42 Å². The summed E-state index contributed by atoms with van der Waals surface area (Å²) >= 11 is 0. The van der Waals surface area contributed by atoms with Crippen molar-refractivity contribution in [1.29, 1.82) is 0 Å². The van der Waals surface area contributed by atoms with Crippen LogP contribution in [0.5, 0.6) is 0 Å². The molecule has 0 amide bonds. The molecule has 0 aromatic heterocycles. The van der Waals surface area contributed by atoms with Crippen LogP contribution in [-0.2, 0) is 16.0 Å². The van der Waals surface area contributed by atoms with Gasteiger partial charge in [0.2, 0.25) is 0 Å². The fourth-order valence-corrected chi connectivity index (χ4v) is 1.42. The number of nitro benzene ring substituents is 1. The Kier molecular flexibility index (Phi) is 4.42. The zero-order chi connectivity index (χ0) is 13.8. The quantitative estimate of drug-likeness (QED) is 0.468. The van der Waals surface area contributed by atoms with E-state index < -0.39 is 10.5 Å². The van der Waals surface area contributed by atoms with Crippen molar-refractivity contribution in [2.24, 2.45) is 0 Å². The number of benzene rings is 1. The van der Waals surface area contributed by atoms with E-state index in [1.54, 1.807) is 12.1 Å². The predicted molar refractivity (Wildman–Crippen MR) is 67.3 cm³/mol. The van der Waals surface area contributed by atoms with Crippen LogP contribution in [0.1, 0.15) is 32.8 Å². The van der Waals surface area contributed by atoms with E-state index in [9.17, 15) is 14.9 Å². The average molecular weight is 251 g/mol. The number of hydrogen-bond acceptors (Lipinski definition) is 4. The van der Waals surface area contributed by atoms with Gasteiger partial charge >= 0.3 is 5.97 Å². The topological polar surface area (TPSA) is 69.4 Å². The second-order valence-electron chi connectivity index (χ2n) is 5.01. The average Bonchev–Trinajstić information content (AvgIpc) is 2.24. The van der Waals surface area contributed by atoms with Gasteiger partial charge in [0.15, 0.2) is 0 Å². The van der Waals surface area contributed by atoms with Gasteiger partial charge in [0.05, 0.1) is 4.92 Å². The molecule has 0 aliphatic carbocycles. The third-order valence-corrected chi connectivity index (χ3v) is 2.18. The molecule has 0 N–H and O–H groups in total. The number of esters is 1. The Hall–Kier alpha value is -1.91. The van der Waals surface area contributed by atoms with Crippen molar-refractivity contribution >= 4 is 11.7 Å². The van der Waals surface area contributed by atoms with Crippen molar-refractivity contribution in [3.8, 4) is 0 Å². The minimum atomic E-state index is -0.480. The monoisotopic (exact) mass is 251 g/mol. The third-order valence-electron chi connectivity index (χ3n) is 2.18. The van der Waals surface area contributed by atoms with Crippen molar-refractivity contribution < 1.29 is 14.5 Å². The molecule has 1 rings (SSSR count). The zero-order valence-electron chi connectivity index (χ0n) is 10.8. The van der Waals surface area contributed by atoms with Gasteiger partial charge in [0.1, 0.15) is 5.60 Å². The Labute approximate surface area is 106 Å². The summed E-state index contributed by atoms with van der Waals surface area (Å²) < 4.78 is 5.17. The van der Waals surface area contributed by atoms with Crippen LogP contribution in [0.15, 0.2) is 24.3 Å². The highest BCUT2D eigenvalue weighted by Crippen LogP contribution is 2.14. The number of non-ortho nitro benzene ring substituents is 1. The van der Waals surface area contributed by atoms with E-state index in [0.717, 1.165) is 5.56 Å². The van der Waals surface area contributed by atoms with Crippen molar-refractivity contribution in [2.75, 3.05) is 0 Å². The van der Waals surface area contributed by atoms with Crippen molar-refractivity contribution in [2.45, 2.75) is 39.2 Å². The van der Waals surface area contributed by atoms with Crippen LogP contribution in [0.4, 0.5) is 5.69 Å². The van der Waals surface area contributed by atoms with E-state index >= 15 is 0 Å². The number of hydrogen-bond donors (Lipinski definition) is 0. The number of ether oxygens (including phenoxy) is 1. The van der Waals surface area contributed by atoms with Crippen LogP contribution in [-0.4, -0.2) is 16.5 Å². The minimum absolute atomic E-state index is 0.0519. The summed E-state index contributed by atoms with van der Waals surface area (Å²) in [5, 5.41) is 10.5. The molecule has 1 aromatic carbocycles. The zero-order valence-corrected chi connectivity index (χ0v) is 10.8. The first kappa shape index (κ1) is 14.2. The van der Waals surface area contributed by atoms with Gasteiger partial charge < -0.3 is 4.74 Å². The van der Waals surface area contributed by atoms with Gasteiger partial charge in [0.25, 0.3) is 5.69 Å². The molecule has 0 spiro atoms. The molecule has 0 atom stereocenters. The molecule has 0 bridgehead atoms. The molecule has 5 nitrogen and oxygen atoms in total. The van der Waals surface area contributed by atoms with Crippen LogP contribution in [0.3, 0.4) is 0 Å². The predicted octanol–water partition coefficient (Wildman–Crippen LogP) is 2.87. The Bertz CT molecular complexity index is 431. The molecule has 0 unspecified atom stereocenters. The highest BCUT2D eigenvalue weighted by atomic mass is 16.6. The lowest BCUT2D eigenvalue weighted by Gasteiger charge is -2.19. The molecule has 0 saturated heterocycles. The first-order valence-corrected chi connectivity index (χ1v) is 5.73. The molecule has 0 saturated carbocycles. The van der Waals surface area contributed by atoms with Crippen LogP contribution >= 0.6 is 0 Å². The van der Waals surface area contributed by atoms with Gasteiger partial charge in [0, 0.05) is 18.6 Å². The molecule has 0 heterocycles. The van der Waals surface area contributed by atoms with Gasteiger partial charge in [-0.25, -0.2) is 0 Å². The standard InChI is InChI=1S/C13H17NO4/c1-13(2,3)18-12(15)9-6-10-4-7-11(8-5-10)14(16)17/h4-5,7-8H,6,9H2,1-3H3. The minimum Gasteiger partial charge on any atom is -0.460 e. The molecule has 0 radical (unpaired) electrons. The number of aryl methyl sites for hydroxylation is 1. The maximum Gasteiger partial charge on any atom is 0.306 e. The third kappa shape index (κ3) is 4.95. The van der Waals surface area contributed by atoms with Crippen LogP contribution in [0, 0.1) is 10.1 Å². The summed E-state index contributed by atoms with van der Waals surface area (Å²) in [5.74, 6) is -0.263. The van der Waals surface area contributed by atoms with Crippen molar-refractivity contribution in [1.82, 2.24) is 0 Å². The Morgan fingerprint density at radius 1 is 1.28 bits per heavy atom. The number of carbonyl (C=O) groups is 1. The van der Waals surface area contributed by atoms with E-state index in [-0.39, 0.29) is 18.1 Å². The normalized spacial score (nSPS) is 11.1. The van der Waals surface area contributed by atoms with Gasteiger partial charge in [-0.05, 0) is 32.8 Å². The molecule has 1 aromatic rings. The van der Waals surface area contributed by atoms with E-state index in [1.165, 1.54) is 12.1 Å². The second kappa shape index (κ2) is 5.62. The summed E-state index contributed by atoms with van der Waals surface area (Å²) in [4.78, 5) is 21.5. The first-order chi connectivity index (χ1) is 8.28. The Morgan fingerprint density at radius 3 is 2.28 bits per heavy atom. The molecule has 0 aliphatic rings. The Balaban J connectivity index is 2.49. The lowest BCUT2D eigenvalue weighted by atomic mass is 10.1. The van der Waals surface area contributed by atoms with E-state index in [1.807, 2.05) is 20.8 Å². The highest BCUT2D eigenvalue weighted by Gasteiger charge is 2.16. The van der Waals surface area contributed by atoms with Gasteiger partial charge in [-0.3, -0.25) is 14.9 Å². The largest absolute Gasteiger partial charge is 0.460 e. The molecule has 98 valence electrons. The second-order valence-corrected chi connectivity index (χ2v) is 5.01. The fourth-order valence-electron chi connectivity index (χ4n) is 1.42. The fraction of sp³-hybridized carbons (Fsp3) is 0.462. The number of nitro groups is 1. The van der Waals surface area contributed by atoms with Gasteiger partial charge in [-0.1, -0.05) is 12.1 Å². The molecule has 0 aliphatic heterocycles. The number of rotatable bonds is 4.